The Bertz CT molecular complexity index is 1560. The minimum atomic E-state index is -3.73. The summed E-state index contributed by atoms with van der Waals surface area (Å²) in [6.45, 7) is 9.99. The maximum atomic E-state index is 13.1. The molecule has 6 nitrogen and oxygen atoms in total. The number of aromatic nitrogens is 1. The third kappa shape index (κ3) is 7.99. The summed E-state index contributed by atoms with van der Waals surface area (Å²) in [6, 6.07) is 28.1. The summed E-state index contributed by atoms with van der Waals surface area (Å²) in [6.07, 6.45) is 5.14. The van der Waals surface area contributed by atoms with Gasteiger partial charge in [0.1, 0.15) is 0 Å². The van der Waals surface area contributed by atoms with E-state index in [2.05, 4.69) is 71.8 Å². The van der Waals surface area contributed by atoms with E-state index in [4.69, 9.17) is 4.74 Å². The number of nitrogens with one attached hydrogen (secondary N) is 1. The van der Waals surface area contributed by atoms with Gasteiger partial charge in [0.15, 0.2) is 0 Å². The summed E-state index contributed by atoms with van der Waals surface area (Å²) in [4.78, 5) is 7.00. The predicted molar refractivity (Wildman–Crippen MR) is 170 cm³/mol. The van der Waals surface area contributed by atoms with E-state index in [1.807, 2.05) is 30.3 Å². The lowest BCUT2D eigenvalue weighted by Gasteiger charge is -2.29. The number of fused-ring (bicyclic) bond motifs is 1. The summed E-state index contributed by atoms with van der Waals surface area (Å²) < 4.78 is 34.7. The number of pyridine rings is 1. The minimum Gasteiger partial charge on any atom is -0.478 e. The first kappa shape index (κ1) is 29.8. The van der Waals surface area contributed by atoms with E-state index in [1.54, 1.807) is 18.2 Å². The van der Waals surface area contributed by atoms with Crippen LogP contribution in [0.4, 0.5) is 5.69 Å². The number of aryl methyl sites for hydroxylation is 1. The fraction of sp³-hybridized carbons (Fsp3) is 0.343. The van der Waals surface area contributed by atoms with Crippen LogP contribution in [0.1, 0.15) is 55.0 Å². The molecule has 0 aliphatic carbocycles. The molecule has 0 unspecified atom stereocenters. The van der Waals surface area contributed by atoms with Crippen molar-refractivity contribution in [3.63, 3.8) is 0 Å². The highest BCUT2D eigenvalue weighted by molar-refractivity contribution is 7.92. The number of ether oxygens (including phenoxy) is 1. The molecule has 220 valence electrons. The van der Waals surface area contributed by atoms with Gasteiger partial charge in [0, 0.05) is 25.7 Å². The molecular formula is C35H41N3O3S. The maximum Gasteiger partial charge on any atom is 0.261 e. The van der Waals surface area contributed by atoms with Gasteiger partial charge in [-0.25, -0.2) is 13.4 Å². The smallest absolute Gasteiger partial charge is 0.261 e. The maximum absolute atomic E-state index is 13.1. The molecule has 2 heterocycles. The van der Waals surface area contributed by atoms with E-state index in [-0.39, 0.29) is 10.3 Å². The Labute approximate surface area is 250 Å². The molecule has 1 N–H and O–H groups in total. The van der Waals surface area contributed by atoms with Crippen LogP contribution in [0.5, 0.6) is 5.88 Å². The zero-order valence-corrected chi connectivity index (χ0v) is 25.7. The number of sulfonamides is 1. The number of rotatable bonds is 11. The Morgan fingerprint density at radius 1 is 0.881 bits per heavy atom. The van der Waals surface area contributed by atoms with Crippen LogP contribution < -0.4 is 9.46 Å². The highest BCUT2D eigenvalue weighted by Gasteiger charge is 2.21. The number of benzene rings is 3. The summed E-state index contributed by atoms with van der Waals surface area (Å²) >= 11 is 0. The third-order valence-electron chi connectivity index (χ3n) is 7.81. The Morgan fingerprint density at radius 2 is 1.64 bits per heavy atom. The monoisotopic (exact) mass is 583 g/mol. The fourth-order valence-corrected chi connectivity index (χ4v) is 6.34. The van der Waals surface area contributed by atoms with Crippen LogP contribution in [0.15, 0.2) is 96.0 Å². The van der Waals surface area contributed by atoms with Gasteiger partial charge in [-0.05, 0) is 77.1 Å². The number of nitrogens with zero attached hydrogens (tertiary/aromatic N) is 2. The number of anilines is 1. The highest BCUT2D eigenvalue weighted by atomic mass is 32.2. The second kappa shape index (κ2) is 13.1. The summed E-state index contributed by atoms with van der Waals surface area (Å²) in [5, 5.41) is 0. The standard InChI is InChI=1S/C35H41N3O3S/c1-35(2,3)31-14-11-28(12-15-31)19-21-38-22-20-29-24-33(17-13-30(29)26-38)42(39,40)37-32-16-18-34(36-25-32)41-23-7-10-27-8-5-4-6-9-27/h4-6,8-9,11-18,24-25,37H,7,10,19-23,26H2,1-3H3. The summed E-state index contributed by atoms with van der Waals surface area (Å²) in [5.41, 5.74) is 6.84. The fourth-order valence-electron chi connectivity index (χ4n) is 5.24. The molecule has 4 aromatic rings. The van der Waals surface area contributed by atoms with Crippen molar-refractivity contribution in [2.24, 2.45) is 0 Å². The molecule has 1 aromatic heterocycles. The Balaban J connectivity index is 1.11. The lowest BCUT2D eigenvalue weighted by molar-refractivity contribution is 0.257. The number of hydrogen-bond acceptors (Lipinski definition) is 5. The van der Waals surface area contributed by atoms with E-state index >= 15 is 0 Å². The first-order chi connectivity index (χ1) is 20.2. The van der Waals surface area contributed by atoms with Crippen LogP contribution >= 0.6 is 0 Å². The van der Waals surface area contributed by atoms with E-state index in [9.17, 15) is 8.42 Å². The molecule has 1 aliphatic heterocycles. The largest absolute Gasteiger partial charge is 0.478 e. The van der Waals surface area contributed by atoms with Crippen molar-refractivity contribution in [1.29, 1.82) is 0 Å². The molecule has 5 rings (SSSR count). The average Bonchev–Trinajstić information content (AvgIpc) is 2.99. The second-order valence-corrected chi connectivity index (χ2v) is 13.8. The van der Waals surface area contributed by atoms with Gasteiger partial charge < -0.3 is 4.74 Å². The van der Waals surface area contributed by atoms with Gasteiger partial charge >= 0.3 is 0 Å². The summed E-state index contributed by atoms with van der Waals surface area (Å²) in [7, 11) is -3.73. The van der Waals surface area contributed by atoms with Crippen LogP contribution in [0, 0.1) is 0 Å². The molecule has 0 saturated carbocycles. The van der Waals surface area contributed by atoms with Crippen molar-refractivity contribution in [2.75, 3.05) is 24.4 Å². The van der Waals surface area contributed by atoms with E-state index in [1.165, 1.54) is 28.5 Å². The van der Waals surface area contributed by atoms with Crippen molar-refractivity contribution in [1.82, 2.24) is 9.88 Å². The Hall–Kier alpha value is -3.68. The normalized spacial score (nSPS) is 13.9. The molecule has 0 radical (unpaired) electrons. The highest BCUT2D eigenvalue weighted by Crippen LogP contribution is 2.26. The van der Waals surface area contributed by atoms with Crippen LogP contribution in [-0.2, 0) is 41.2 Å². The van der Waals surface area contributed by atoms with Gasteiger partial charge in [-0.1, -0.05) is 81.4 Å². The lowest BCUT2D eigenvalue weighted by atomic mass is 9.86. The van der Waals surface area contributed by atoms with Gasteiger partial charge in [-0.3, -0.25) is 9.62 Å². The zero-order chi connectivity index (χ0) is 29.6. The molecule has 0 saturated heterocycles. The first-order valence-electron chi connectivity index (χ1n) is 14.7. The SMILES string of the molecule is CC(C)(C)c1ccc(CCN2CCc3cc(S(=O)(=O)Nc4ccc(OCCCc5ccccc5)nc4)ccc3C2)cc1. The first-order valence-corrected chi connectivity index (χ1v) is 16.2. The molecule has 0 amide bonds. The van der Waals surface area contributed by atoms with Crippen molar-refractivity contribution >= 4 is 15.7 Å². The van der Waals surface area contributed by atoms with Crippen LogP contribution in [0.25, 0.3) is 0 Å². The molecule has 42 heavy (non-hydrogen) atoms. The minimum absolute atomic E-state index is 0.163. The van der Waals surface area contributed by atoms with Crippen LogP contribution in [0.2, 0.25) is 0 Å². The van der Waals surface area contributed by atoms with Crippen LogP contribution in [-0.4, -0.2) is 38.0 Å². The lowest BCUT2D eigenvalue weighted by Crippen LogP contribution is -2.32. The molecule has 3 aromatic carbocycles. The van der Waals surface area contributed by atoms with Gasteiger partial charge in [-0.2, -0.15) is 0 Å². The third-order valence-corrected chi connectivity index (χ3v) is 9.19. The molecule has 0 fully saturated rings. The predicted octanol–water partition coefficient (Wildman–Crippen LogP) is 6.79. The van der Waals surface area contributed by atoms with Gasteiger partial charge in [0.25, 0.3) is 10.0 Å². The summed E-state index contributed by atoms with van der Waals surface area (Å²) in [5.74, 6) is 0.478. The molecule has 0 spiro atoms. The molecule has 7 heteroatoms. The topological polar surface area (TPSA) is 71.5 Å². The second-order valence-electron chi connectivity index (χ2n) is 12.1. The molecule has 0 bridgehead atoms. The van der Waals surface area contributed by atoms with Gasteiger partial charge in [0.05, 0.1) is 23.4 Å². The number of hydrogen-bond donors (Lipinski definition) is 1. The van der Waals surface area contributed by atoms with Crippen molar-refractivity contribution in [3.05, 3.63) is 119 Å². The average molecular weight is 584 g/mol. The molecule has 0 atom stereocenters. The van der Waals surface area contributed by atoms with E-state index in [0.29, 0.717) is 18.2 Å². The quantitative estimate of drug-likeness (QED) is 0.197. The van der Waals surface area contributed by atoms with E-state index < -0.39 is 10.0 Å². The molecule has 1 aliphatic rings. The van der Waals surface area contributed by atoms with Crippen LogP contribution in [0.3, 0.4) is 0 Å². The molecular weight excluding hydrogens is 542 g/mol. The zero-order valence-electron chi connectivity index (χ0n) is 24.8. The Kier molecular flexibility index (Phi) is 9.29. The van der Waals surface area contributed by atoms with Crippen molar-refractivity contribution in [3.8, 4) is 5.88 Å². The van der Waals surface area contributed by atoms with Gasteiger partial charge in [-0.15, -0.1) is 0 Å². The van der Waals surface area contributed by atoms with Crippen molar-refractivity contribution < 1.29 is 13.2 Å². The van der Waals surface area contributed by atoms with Gasteiger partial charge in [0.2, 0.25) is 5.88 Å². The van der Waals surface area contributed by atoms with Crippen molar-refractivity contribution in [2.45, 2.75) is 63.3 Å². The van der Waals surface area contributed by atoms with E-state index in [0.717, 1.165) is 50.9 Å². The Morgan fingerprint density at radius 3 is 2.36 bits per heavy atom.